The second kappa shape index (κ2) is 6.16. The number of pyridine rings is 1. The number of nitrogens with zero attached hydrogens (tertiary/aromatic N) is 1. The summed E-state index contributed by atoms with van der Waals surface area (Å²) in [5.74, 6) is 0.694. The lowest BCUT2D eigenvalue weighted by atomic mass is 9.95. The van der Waals surface area contributed by atoms with E-state index in [1.54, 1.807) is 7.11 Å². The minimum atomic E-state index is 0.197. The van der Waals surface area contributed by atoms with Gasteiger partial charge in [0.25, 0.3) is 0 Å². The number of nitrogens with two attached hydrogens (primary N) is 1. The van der Waals surface area contributed by atoms with E-state index in [0.717, 1.165) is 36.9 Å². The van der Waals surface area contributed by atoms with Gasteiger partial charge in [0.2, 0.25) is 5.88 Å². The van der Waals surface area contributed by atoms with Crippen molar-refractivity contribution in [1.29, 1.82) is 0 Å². The van der Waals surface area contributed by atoms with Crippen LogP contribution in [0.5, 0.6) is 5.88 Å². The summed E-state index contributed by atoms with van der Waals surface area (Å²) in [5.41, 5.74) is 7.65. The third-order valence-corrected chi connectivity index (χ3v) is 3.49. The molecule has 1 aromatic heterocycles. The van der Waals surface area contributed by atoms with Crippen LogP contribution < -0.4 is 10.5 Å². The smallest absolute Gasteiger partial charge is 0.218 e. The SMILES string of the molecule is COC1CCCC(Oc2nc(C)ccc2CN)C1. The van der Waals surface area contributed by atoms with Crippen molar-refractivity contribution in [1.82, 2.24) is 4.98 Å². The zero-order valence-electron chi connectivity index (χ0n) is 11.2. The number of hydrogen-bond donors (Lipinski definition) is 1. The molecular weight excluding hydrogens is 228 g/mol. The topological polar surface area (TPSA) is 57.4 Å². The summed E-state index contributed by atoms with van der Waals surface area (Å²) >= 11 is 0. The van der Waals surface area contributed by atoms with Crippen molar-refractivity contribution in [3.63, 3.8) is 0 Å². The summed E-state index contributed by atoms with van der Waals surface area (Å²) in [6.45, 7) is 2.43. The van der Waals surface area contributed by atoms with Crippen LogP contribution in [0.15, 0.2) is 12.1 Å². The lowest BCUT2D eigenvalue weighted by Crippen LogP contribution is -2.30. The van der Waals surface area contributed by atoms with Crippen LogP contribution in [0.4, 0.5) is 0 Å². The van der Waals surface area contributed by atoms with E-state index in [-0.39, 0.29) is 6.10 Å². The molecule has 0 spiro atoms. The first kappa shape index (κ1) is 13.3. The maximum Gasteiger partial charge on any atom is 0.218 e. The third kappa shape index (κ3) is 3.21. The van der Waals surface area contributed by atoms with Gasteiger partial charge in [0.1, 0.15) is 6.10 Å². The Balaban J connectivity index is 2.06. The van der Waals surface area contributed by atoms with Crippen molar-refractivity contribution in [2.75, 3.05) is 7.11 Å². The molecule has 0 saturated heterocycles. The largest absolute Gasteiger partial charge is 0.474 e. The van der Waals surface area contributed by atoms with Gasteiger partial charge in [-0.15, -0.1) is 0 Å². The maximum absolute atomic E-state index is 6.02. The fourth-order valence-corrected chi connectivity index (χ4v) is 2.40. The lowest BCUT2D eigenvalue weighted by Gasteiger charge is -2.28. The van der Waals surface area contributed by atoms with Crippen LogP contribution in [-0.4, -0.2) is 24.3 Å². The minimum absolute atomic E-state index is 0.197. The second-order valence-electron chi connectivity index (χ2n) is 4.89. The van der Waals surface area contributed by atoms with Gasteiger partial charge in [0.15, 0.2) is 0 Å². The molecule has 1 aliphatic rings. The molecule has 0 bridgehead atoms. The molecule has 2 unspecified atom stereocenters. The molecule has 4 nitrogen and oxygen atoms in total. The molecule has 2 rings (SSSR count). The molecule has 1 aliphatic carbocycles. The minimum Gasteiger partial charge on any atom is -0.474 e. The summed E-state index contributed by atoms with van der Waals surface area (Å²) in [6.07, 6.45) is 4.79. The van der Waals surface area contributed by atoms with E-state index in [0.29, 0.717) is 18.5 Å². The summed E-state index contributed by atoms with van der Waals surface area (Å²) in [6, 6.07) is 3.96. The van der Waals surface area contributed by atoms with Gasteiger partial charge in [0.05, 0.1) is 6.10 Å². The van der Waals surface area contributed by atoms with Gasteiger partial charge in [-0.05, 0) is 32.3 Å². The molecule has 0 aromatic carbocycles. The van der Waals surface area contributed by atoms with Crippen LogP contribution in [0.1, 0.15) is 36.9 Å². The van der Waals surface area contributed by atoms with E-state index in [1.165, 1.54) is 0 Å². The second-order valence-corrected chi connectivity index (χ2v) is 4.89. The molecule has 4 heteroatoms. The van der Waals surface area contributed by atoms with Gasteiger partial charge in [0, 0.05) is 31.3 Å². The summed E-state index contributed by atoms with van der Waals surface area (Å²) in [5, 5.41) is 0. The fraction of sp³-hybridized carbons (Fsp3) is 0.643. The Morgan fingerprint density at radius 3 is 2.83 bits per heavy atom. The Hall–Kier alpha value is -1.13. The number of aromatic nitrogens is 1. The molecule has 2 N–H and O–H groups in total. The van der Waals surface area contributed by atoms with Crippen LogP contribution in [0.25, 0.3) is 0 Å². The molecule has 1 aromatic rings. The normalized spacial score (nSPS) is 23.9. The van der Waals surface area contributed by atoms with Crippen LogP contribution in [0.2, 0.25) is 0 Å². The first-order chi connectivity index (χ1) is 8.72. The molecule has 0 radical (unpaired) electrons. The molecule has 0 amide bonds. The zero-order valence-corrected chi connectivity index (χ0v) is 11.2. The Kier molecular flexibility index (Phi) is 4.55. The standard InChI is InChI=1S/C14H22N2O2/c1-10-6-7-11(9-15)14(16-10)18-13-5-3-4-12(8-13)17-2/h6-7,12-13H,3-5,8-9,15H2,1-2H3. The van der Waals surface area contributed by atoms with E-state index in [4.69, 9.17) is 15.2 Å². The van der Waals surface area contributed by atoms with E-state index >= 15 is 0 Å². The average molecular weight is 250 g/mol. The number of rotatable bonds is 4. The first-order valence-electron chi connectivity index (χ1n) is 6.59. The van der Waals surface area contributed by atoms with E-state index in [9.17, 15) is 0 Å². The molecule has 0 aliphatic heterocycles. The highest BCUT2D eigenvalue weighted by molar-refractivity contribution is 5.28. The van der Waals surface area contributed by atoms with Crippen LogP contribution in [-0.2, 0) is 11.3 Å². The molecular formula is C14H22N2O2. The molecule has 18 heavy (non-hydrogen) atoms. The van der Waals surface area contributed by atoms with Crippen molar-refractivity contribution in [3.05, 3.63) is 23.4 Å². The zero-order chi connectivity index (χ0) is 13.0. The summed E-state index contributed by atoms with van der Waals surface area (Å²) in [7, 11) is 1.77. The van der Waals surface area contributed by atoms with Crippen molar-refractivity contribution >= 4 is 0 Å². The maximum atomic E-state index is 6.02. The van der Waals surface area contributed by atoms with Crippen molar-refractivity contribution in [2.24, 2.45) is 5.73 Å². The monoisotopic (exact) mass is 250 g/mol. The molecule has 100 valence electrons. The highest BCUT2D eigenvalue weighted by Crippen LogP contribution is 2.26. The van der Waals surface area contributed by atoms with Gasteiger partial charge < -0.3 is 15.2 Å². The van der Waals surface area contributed by atoms with Gasteiger partial charge in [-0.1, -0.05) is 6.07 Å². The highest BCUT2D eigenvalue weighted by atomic mass is 16.5. The molecule has 2 atom stereocenters. The third-order valence-electron chi connectivity index (χ3n) is 3.49. The van der Waals surface area contributed by atoms with Crippen LogP contribution in [0.3, 0.4) is 0 Å². The van der Waals surface area contributed by atoms with Crippen molar-refractivity contribution < 1.29 is 9.47 Å². The summed E-state index contributed by atoms with van der Waals surface area (Å²) < 4.78 is 11.4. The molecule has 1 saturated carbocycles. The van der Waals surface area contributed by atoms with Crippen LogP contribution in [0, 0.1) is 6.92 Å². The van der Waals surface area contributed by atoms with Crippen molar-refractivity contribution in [2.45, 2.75) is 51.4 Å². The highest BCUT2D eigenvalue weighted by Gasteiger charge is 2.24. The number of aryl methyl sites for hydroxylation is 1. The van der Waals surface area contributed by atoms with Gasteiger partial charge in [-0.3, -0.25) is 0 Å². The van der Waals surface area contributed by atoms with Crippen LogP contribution >= 0.6 is 0 Å². The van der Waals surface area contributed by atoms with E-state index in [2.05, 4.69) is 4.98 Å². The number of hydrogen-bond acceptors (Lipinski definition) is 4. The Bertz CT molecular complexity index is 395. The number of methoxy groups -OCH3 is 1. The first-order valence-corrected chi connectivity index (χ1v) is 6.59. The van der Waals surface area contributed by atoms with Gasteiger partial charge >= 0.3 is 0 Å². The average Bonchev–Trinajstić information content (AvgIpc) is 2.39. The lowest BCUT2D eigenvalue weighted by molar-refractivity contribution is 0.0191. The van der Waals surface area contributed by atoms with E-state index < -0.39 is 0 Å². The van der Waals surface area contributed by atoms with Gasteiger partial charge in [-0.2, -0.15) is 0 Å². The summed E-state index contributed by atoms with van der Waals surface area (Å²) in [4.78, 5) is 4.45. The van der Waals surface area contributed by atoms with Crippen molar-refractivity contribution in [3.8, 4) is 5.88 Å². The predicted molar refractivity (Wildman–Crippen MR) is 70.5 cm³/mol. The molecule has 1 heterocycles. The Morgan fingerprint density at radius 1 is 1.33 bits per heavy atom. The Labute approximate surface area is 108 Å². The Morgan fingerprint density at radius 2 is 2.11 bits per heavy atom. The predicted octanol–water partition coefficient (Wildman–Crippen LogP) is 2.19. The number of ether oxygens (including phenoxy) is 2. The molecule has 1 fully saturated rings. The van der Waals surface area contributed by atoms with E-state index in [1.807, 2.05) is 19.1 Å². The quantitative estimate of drug-likeness (QED) is 0.890. The fourth-order valence-electron chi connectivity index (χ4n) is 2.40. The van der Waals surface area contributed by atoms with Gasteiger partial charge in [-0.25, -0.2) is 4.98 Å².